The zero-order valence-corrected chi connectivity index (χ0v) is 12.1. The summed E-state index contributed by atoms with van der Waals surface area (Å²) in [5.74, 6) is 0.662. The van der Waals surface area contributed by atoms with Crippen molar-refractivity contribution in [3.8, 4) is 0 Å². The van der Waals surface area contributed by atoms with Crippen LogP contribution in [0.4, 0.5) is 0 Å². The Bertz CT molecular complexity index is 210. The highest BCUT2D eigenvalue weighted by molar-refractivity contribution is 5.81. The number of carbonyl (C=O) groups excluding carboxylic acids is 1. The highest BCUT2D eigenvalue weighted by Crippen LogP contribution is 1.96. The Balaban J connectivity index is 3.44. The van der Waals surface area contributed by atoms with E-state index in [2.05, 4.69) is 24.5 Å². The van der Waals surface area contributed by atoms with Crippen molar-refractivity contribution in [2.75, 3.05) is 40.0 Å². The molecular weight excluding hydrogens is 232 g/mol. The van der Waals surface area contributed by atoms with Crippen LogP contribution in [0.25, 0.3) is 0 Å². The van der Waals surface area contributed by atoms with Gasteiger partial charge >= 0.3 is 0 Å². The predicted octanol–water partition coefficient (Wildman–Crippen LogP) is 0.790. The highest BCUT2D eigenvalue weighted by atomic mass is 16.5. The van der Waals surface area contributed by atoms with Gasteiger partial charge in [-0.1, -0.05) is 13.8 Å². The first-order valence-corrected chi connectivity index (χ1v) is 6.65. The molecule has 1 atom stereocenters. The summed E-state index contributed by atoms with van der Waals surface area (Å²) >= 11 is 0. The first kappa shape index (κ1) is 17.4. The molecule has 0 saturated heterocycles. The van der Waals surface area contributed by atoms with E-state index in [1.165, 1.54) is 0 Å². The quantitative estimate of drug-likeness (QED) is 0.539. The van der Waals surface area contributed by atoms with E-state index in [1.54, 1.807) is 7.11 Å². The van der Waals surface area contributed by atoms with Crippen molar-refractivity contribution in [1.29, 1.82) is 0 Å². The lowest BCUT2D eigenvalue weighted by atomic mass is 10.1. The molecule has 0 aliphatic rings. The van der Waals surface area contributed by atoms with Gasteiger partial charge in [-0.2, -0.15) is 0 Å². The molecule has 1 unspecified atom stereocenters. The smallest absolute Gasteiger partial charge is 0.236 e. The molecule has 1 amide bonds. The number of rotatable bonds is 11. The Morgan fingerprint density at radius 3 is 2.44 bits per heavy atom. The minimum absolute atomic E-state index is 0.0486. The van der Waals surface area contributed by atoms with Crippen LogP contribution in [0.1, 0.15) is 27.2 Å². The molecule has 0 bridgehead atoms. The average Bonchev–Trinajstić information content (AvgIpc) is 2.32. The van der Waals surface area contributed by atoms with Crippen molar-refractivity contribution in [1.82, 2.24) is 10.6 Å². The Morgan fingerprint density at radius 2 is 1.83 bits per heavy atom. The molecule has 0 heterocycles. The number of hydrogen-bond acceptors (Lipinski definition) is 4. The molecule has 5 heteroatoms. The molecule has 0 aromatic rings. The number of nitrogens with one attached hydrogen (secondary N) is 2. The fourth-order valence-electron chi connectivity index (χ4n) is 1.32. The monoisotopic (exact) mass is 260 g/mol. The van der Waals surface area contributed by atoms with Gasteiger partial charge in [0.25, 0.3) is 0 Å². The molecule has 0 aliphatic carbocycles. The van der Waals surface area contributed by atoms with E-state index in [4.69, 9.17) is 9.47 Å². The summed E-state index contributed by atoms with van der Waals surface area (Å²) in [5.41, 5.74) is 0. The van der Waals surface area contributed by atoms with Gasteiger partial charge in [-0.05, 0) is 19.3 Å². The Morgan fingerprint density at radius 1 is 1.11 bits per heavy atom. The summed E-state index contributed by atoms with van der Waals surface area (Å²) in [6, 6.07) is -0.178. The third kappa shape index (κ3) is 10.5. The lowest BCUT2D eigenvalue weighted by Crippen LogP contribution is -2.43. The maximum absolute atomic E-state index is 11.7. The molecule has 2 N–H and O–H groups in total. The molecule has 0 aromatic carbocycles. The van der Waals surface area contributed by atoms with Crippen LogP contribution < -0.4 is 10.6 Å². The number of methoxy groups -OCH3 is 1. The number of ether oxygens (including phenoxy) is 2. The molecule has 18 heavy (non-hydrogen) atoms. The summed E-state index contributed by atoms with van der Waals surface area (Å²) in [6.07, 6.45) is 1.01. The molecule has 0 rings (SSSR count). The Kier molecular flexibility index (Phi) is 11.0. The summed E-state index contributed by atoms with van der Waals surface area (Å²) in [6.45, 7) is 9.34. The van der Waals surface area contributed by atoms with Gasteiger partial charge in [-0.25, -0.2) is 0 Å². The third-order valence-corrected chi connectivity index (χ3v) is 2.54. The van der Waals surface area contributed by atoms with Crippen LogP contribution in [0.15, 0.2) is 0 Å². The topological polar surface area (TPSA) is 59.6 Å². The van der Waals surface area contributed by atoms with Gasteiger partial charge in [0.1, 0.15) is 0 Å². The number of carbonyl (C=O) groups is 1. The van der Waals surface area contributed by atoms with Crippen molar-refractivity contribution in [3.63, 3.8) is 0 Å². The Hall–Kier alpha value is -0.650. The first-order valence-electron chi connectivity index (χ1n) is 6.65. The maximum Gasteiger partial charge on any atom is 0.236 e. The van der Waals surface area contributed by atoms with Crippen molar-refractivity contribution in [2.45, 2.75) is 33.2 Å². The maximum atomic E-state index is 11.7. The van der Waals surface area contributed by atoms with Crippen LogP contribution in [0.2, 0.25) is 0 Å². The molecule has 5 nitrogen and oxygen atoms in total. The van der Waals surface area contributed by atoms with Gasteiger partial charge in [0.2, 0.25) is 5.91 Å². The van der Waals surface area contributed by atoms with Crippen molar-refractivity contribution >= 4 is 5.91 Å². The second-order valence-electron chi connectivity index (χ2n) is 4.75. The SMILES string of the molecule is COCCOCCNC(C)C(=O)NCCC(C)C. The molecule has 0 spiro atoms. The van der Waals surface area contributed by atoms with Crippen LogP contribution in [0, 0.1) is 5.92 Å². The van der Waals surface area contributed by atoms with E-state index < -0.39 is 0 Å². The minimum Gasteiger partial charge on any atom is -0.382 e. The van der Waals surface area contributed by atoms with Crippen LogP contribution >= 0.6 is 0 Å². The van der Waals surface area contributed by atoms with E-state index in [9.17, 15) is 4.79 Å². The molecular formula is C13H28N2O3. The normalized spacial score (nSPS) is 12.7. The Labute approximate surface area is 111 Å². The van der Waals surface area contributed by atoms with E-state index in [-0.39, 0.29) is 11.9 Å². The zero-order valence-electron chi connectivity index (χ0n) is 12.1. The molecule has 0 aliphatic heterocycles. The van der Waals surface area contributed by atoms with E-state index in [0.29, 0.717) is 32.3 Å². The molecule has 0 radical (unpaired) electrons. The van der Waals surface area contributed by atoms with E-state index >= 15 is 0 Å². The standard InChI is InChI=1S/C13H28N2O3/c1-11(2)5-6-15-13(16)12(3)14-7-8-18-10-9-17-4/h11-12,14H,5-10H2,1-4H3,(H,15,16). The second-order valence-corrected chi connectivity index (χ2v) is 4.75. The third-order valence-electron chi connectivity index (χ3n) is 2.54. The van der Waals surface area contributed by atoms with Gasteiger partial charge in [-0.15, -0.1) is 0 Å². The largest absolute Gasteiger partial charge is 0.382 e. The van der Waals surface area contributed by atoms with Gasteiger partial charge in [0.05, 0.1) is 25.9 Å². The molecule has 0 fully saturated rings. The van der Waals surface area contributed by atoms with Crippen LogP contribution in [0.3, 0.4) is 0 Å². The molecule has 0 aromatic heterocycles. The fraction of sp³-hybridized carbons (Fsp3) is 0.923. The molecule has 0 saturated carbocycles. The summed E-state index contributed by atoms with van der Waals surface area (Å²) < 4.78 is 10.2. The summed E-state index contributed by atoms with van der Waals surface area (Å²) in [5, 5.41) is 6.03. The van der Waals surface area contributed by atoms with Crippen molar-refractivity contribution in [2.24, 2.45) is 5.92 Å². The van der Waals surface area contributed by atoms with Crippen LogP contribution in [-0.4, -0.2) is 52.0 Å². The molecule has 108 valence electrons. The first-order chi connectivity index (χ1) is 8.57. The van der Waals surface area contributed by atoms with E-state index in [1.807, 2.05) is 6.92 Å². The summed E-state index contributed by atoms with van der Waals surface area (Å²) in [7, 11) is 1.64. The van der Waals surface area contributed by atoms with Crippen LogP contribution in [0.5, 0.6) is 0 Å². The van der Waals surface area contributed by atoms with Crippen molar-refractivity contribution in [3.05, 3.63) is 0 Å². The average molecular weight is 260 g/mol. The second kappa shape index (κ2) is 11.4. The van der Waals surface area contributed by atoms with Crippen LogP contribution in [-0.2, 0) is 14.3 Å². The minimum atomic E-state index is -0.178. The van der Waals surface area contributed by atoms with E-state index in [0.717, 1.165) is 13.0 Å². The lowest BCUT2D eigenvalue weighted by Gasteiger charge is -2.14. The highest BCUT2D eigenvalue weighted by Gasteiger charge is 2.10. The van der Waals surface area contributed by atoms with Gasteiger partial charge in [-0.3, -0.25) is 4.79 Å². The van der Waals surface area contributed by atoms with Gasteiger partial charge < -0.3 is 20.1 Å². The number of hydrogen-bond donors (Lipinski definition) is 2. The van der Waals surface area contributed by atoms with Gasteiger partial charge in [0, 0.05) is 20.2 Å². The fourth-order valence-corrected chi connectivity index (χ4v) is 1.32. The number of amides is 1. The summed E-state index contributed by atoms with van der Waals surface area (Å²) in [4.78, 5) is 11.7. The zero-order chi connectivity index (χ0) is 13.8. The predicted molar refractivity (Wildman–Crippen MR) is 72.6 cm³/mol. The lowest BCUT2D eigenvalue weighted by molar-refractivity contribution is -0.122. The van der Waals surface area contributed by atoms with Crippen molar-refractivity contribution < 1.29 is 14.3 Å². The van der Waals surface area contributed by atoms with Gasteiger partial charge in [0.15, 0.2) is 0 Å².